The van der Waals surface area contributed by atoms with E-state index in [4.69, 9.17) is 21.3 Å². The molecule has 2 atom stereocenters. The number of carbonyl (C=O) groups is 2. The number of esters is 1. The van der Waals surface area contributed by atoms with Crippen molar-refractivity contribution in [3.63, 3.8) is 0 Å². The van der Waals surface area contributed by atoms with Gasteiger partial charge in [-0.15, -0.1) is 0 Å². The lowest BCUT2D eigenvalue weighted by atomic mass is 10.1. The molecule has 0 spiro atoms. The Morgan fingerprint density at radius 2 is 1.36 bits per heavy atom. The molecule has 0 aliphatic carbocycles. The van der Waals surface area contributed by atoms with Crippen molar-refractivity contribution < 1.29 is 24.5 Å². The van der Waals surface area contributed by atoms with Gasteiger partial charge in [-0.05, 0) is 48.2 Å². The predicted molar refractivity (Wildman–Crippen MR) is 91.2 cm³/mol. The van der Waals surface area contributed by atoms with Crippen molar-refractivity contribution in [3.8, 4) is 11.5 Å². The smallest absolute Gasteiger partial charge is 0.328 e. The SMILES string of the molecule is NC(Cc1ccc(OC(=O)[C@@H](N)Cc2ccc(O)cc2)cc1)C(=O)O. The maximum atomic E-state index is 12.0. The number of hydrogen-bond donors (Lipinski definition) is 4. The first-order valence-electron chi connectivity index (χ1n) is 7.67. The Morgan fingerprint density at radius 1 is 0.880 bits per heavy atom. The number of ether oxygens (including phenoxy) is 1. The summed E-state index contributed by atoms with van der Waals surface area (Å²) in [5.74, 6) is -1.19. The number of phenolic OH excluding ortho intramolecular Hbond substituents is 1. The highest BCUT2D eigenvalue weighted by molar-refractivity contribution is 5.78. The van der Waals surface area contributed by atoms with Crippen LogP contribution in [0.2, 0.25) is 0 Å². The van der Waals surface area contributed by atoms with Gasteiger partial charge >= 0.3 is 11.9 Å². The first kappa shape index (κ1) is 18.4. The summed E-state index contributed by atoms with van der Waals surface area (Å²) in [6, 6.07) is 11.0. The van der Waals surface area contributed by atoms with Gasteiger partial charge in [0.1, 0.15) is 23.6 Å². The summed E-state index contributed by atoms with van der Waals surface area (Å²) < 4.78 is 5.22. The van der Waals surface area contributed by atoms with Crippen LogP contribution < -0.4 is 16.2 Å². The van der Waals surface area contributed by atoms with Crippen molar-refractivity contribution >= 4 is 11.9 Å². The monoisotopic (exact) mass is 344 g/mol. The molecule has 0 saturated heterocycles. The molecule has 0 saturated carbocycles. The van der Waals surface area contributed by atoms with E-state index in [2.05, 4.69) is 0 Å². The summed E-state index contributed by atoms with van der Waals surface area (Å²) in [4.78, 5) is 22.8. The third-order valence-electron chi connectivity index (χ3n) is 3.61. The Balaban J connectivity index is 1.91. The van der Waals surface area contributed by atoms with Gasteiger partial charge in [0.15, 0.2) is 0 Å². The van der Waals surface area contributed by atoms with Gasteiger partial charge in [0, 0.05) is 0 Å². The van der Waals surface area contributed by atoms with Gasteiger partial charge in [0.25, 0.3) is 0 Å². The van der Waals surface area contributed by atoms with Crippen LogP contribution in [-0.2, 0) is 22.4 Å². The standard InChI is InChI=1S/C18H20N2O5/c19-15(17(22)23)9-12-3-7-14(8-4-12)25-18(24)16(20)10-11-1-5-13(21)6-2-11/h1-8,15-16,21H,9-10,19-20H2,(H,22,23)/t15?,16-/m0/s1. The van der Waals surface area contributed by atoms with Gasteiger partial charge in [-0.3, -0.25) is 4.79 Å². The summed E-state index contributed by atoms with van der Waals surface area (Å²) in [7, 11) is 0. The summed E-state index contributed by atoms with van der Waals surface area (Å²) >= 11 is 0. The molecule has 0 aromatic heterocycles. The highest BCUT2D eigenvalue weighted by atomic mass is 16.5. The maximum Gasteiger partial charge on any atom is 0.328 e. The van der Waals surface area contributed by atoms with Gasteiger partial charge in [-0.25, -0.2) is 4.79 Å². The van der Waals surface area contributed by atoms with Gasteiger partial charge in [-0.2, -0.15) is 0 Å². The van der Waals surface area contributed by atoms with Crippen LogP contribution >= 0.6 is 0 Å². The van der Waals surface area contributed by atoms with Gasteiger partial charge in [-0.1, -0.05) is 24.3 Å². The quantitative estimate of drug-likeness (QED) is 0.431. The number of phenols is 1. The average molecular weight is 344 g/mol. The van der Waals surface area contributed by atoms with E-state index in [1.807, 2.05) is 0 Å². The average Bonchev–Trinajstić information content (AvgIpc) is 2.58. The van der Waals surface area contributed by atoms with E-state index in [9.17, 15) is 14.7 Å². The summed E-state index contributed by atoms with van der Waals surface area (Å²) in [6.07, 6.45) is 0.467. The zero-order chi connectivity index (χ0) is 18.4. The molecule has 0 radical (unpaired) electrons. The van der Waals surface area contributed by atoms with Crippen LogP contribution in [0.15, 0.2) is 48.5 Å². The maximum absolute atomic E-state index is 12.0. The number of carbonyl (C=O) groups excluding carboxylic acids is 1. The number of aromatic hydroxyl groups is 1. The van der Waals surface area contributed by atoms with E-state index in [1.54, 1.807) is 36.4 Å². The Kier molecular flexibility index (Phi) is 6.10. The summed E-state index contributed by atoms with van der Waals surface area (Å²) in [6.45, 7) is 0. The first-order valence-corrected chi connectivity index (χ1v) is 7.67. The number of rotatable bonds is 7. The van der Waals surface area contributed by atoms with Crippen LogP contribution in [0.5, 0.6) is 11.5 Å². The Morgan fingerprint density at radius 3 is 1.88 bits per heavy atom. The molecular formula is C18H20N2O5. The molecule has 0 amide bonds. The highest BCUT2D eigenvalue weighted by Crippen LogP contribution is 2.15. The van der Waals surface area contributed by atoms with E-state index in [0.717, 1.165) is 11.1 Å². The predicted octanol–water partition coefficient (Wildman–Crippen LogP) is 0.822. The van der Waals surface area contributed by atoms with E-state index in [1.165, 1.54) is 12.1 Å². The number of carboxylic acids is 1. The molecule has 2 aromatic rings. The molecule has 0 fully saturated rings. The Labute approximate surface area is 144 Å². The van der Waals surface area contributed by atoms with Crippen LogP contribution in [0.25, 0.3) is 0 Å². The fourth-order valence-corrected chi connectivity index (χ4v) is 2.20. The van der Waals surface area contributed by atoms with Crippen LogP contribution in [0.3, 0.4) is 0 Å². The van der Waals surface area contributed by atoms with E-state index in [-0.39, 0.29) is 18.6 Å². The molecule has 6 N–H and O–H groups in total. The minimum Gasteiger partial charge on any atom is -0.508 e. The number of nitrogens with two attached hydrogens (primary N) is 2. The van der Waals surface area contributed by atoms with Crippen LogP contribution in [0, 0.1) is 0 Å². The second-order valence-electron chi connectivity index (χ2n) is 5.69. The molecule has 7 heteroatoms. The van der Waals surface area contributed by atoms with Crippen molar-refractivity contribution in [3.05, 3.63) is 59.7 Å². The highest BCUT2D eigenvalue weighted by Gasteiger charge is 2.17. The Bertz CT molecular complexity index is 728. The zero-order valence-corrected chi connectivity index (χ0v) is 13.5. The number of hydrogen-bond acceptors (Lipinski definition) is 6. The van der Waals surface area contributed by atoms with Crippen molar-refractivity contribution in [2.75, 3.05) is 0 Å². The van der Waals surface area contributed by atoms with E-state index >= 15 is 0 Å². The number of carboxylic acid groups (broad SMARTS) is 1. The minimum absolute atomic E-state index is 0.141. The largest absolute Gasteiger partial charge is 0.508 e. The number of benzene rings is 2. The fourth-order valence-electron chi connectivity index (χ4n) is 2.20. The molecule has 2 rings (SSSR count). The molecule has 1 unspecified atom stereocenters. The van der Waals surface area contributed by atoms with Crippen molar-refractivity contribution in [2.45, 2.75) is 24.9 Å². The van der Waals surface area contributed by atoms with Crippen molar-refractivity contribution in [1.29, 1.82) is 0 Å². The third-order valence-corrected chi connectivity index (χ3v) is 3.61. The van der Waals surface area contributed by atoms with Crippen LogP contribution in [0.1, 0.15) is 11.1 Å². The van der Waals surface area contributed by atoms with E-state index < -0.39 is 24.0 Å². The topological polar surface area (TPSA) is 136 Å². The second kappa shape index (κ2) is 8.27. The molecule has 0 heterocycles. The molecule has 0 aliphatic rings. The molecule has 7 nitrogen and oxygen atoms in total. The van der Waals surface area contributed by atoms with Gasteiger partial charge in [0.2, 0.25) is 0 Å². The van der Waals surface area contributed by atoms with Crippen LogP contribution in [0.4, 0.5) is 0 Å². The minimum atomic E-state index is -1.07. The number of aliphatic carboxylic acids is 1. The first-order chi connectivity index (χ1) is 11.8. The third kappa shape index (κ3) is 5.59. The molecule has 0 aliphatic heterocycles. The fraction of sp³-hybridized carbons (Fsp3) is 0.222. The molecule has 2 aromatic carbocycles. The van der Waals surface area contributed by atoms with Gasteiger partial charge in [0.05, 0.1) is 0 Å². The lowest BCUT2D eigenvalue weighted by Gasteiger charge is -2.12. The summed E-state index contributed by atoms with van der Waals surface area (Å²) in [5, 5.41) is 18.0. The zero-order valence-electron chi connectivity index (χ0n) is 13.5. The molecular weight excluding hydrogens is 324 g/mol. The Hall–Kier alpha value is -2.90. The molecule has 25 heavy (non-hydrogen) atoms. The summed E-state index contributed by atoms with van der Waals surface area (Å²) in [5.41, 5.74) is 12.8. The molecule has 0 bridgehead atoms. The second-order valence-corrected chi connectivity index (χ2v) is 5.69. The van der Waals surface area contributed by atoms with Crippen molar-refractivity contribution in [2.24, 2.45) is 11.5 Å². The normalized spacial score (nSPS) is 13.0. The van der Waals surface area contributed by atoms with E-state index in [0.29, 0.717) is 5.75 Å². The molecule has 132 valence electrons. The lowest BCUT2D eigenvalue weighted by molar-refractivity contribution is -0.138. The van der Waals surface area contributed by atoms with Crippen LogP contribution in [-0.4, -0.2) is 34.2 Å². The van der Waals surface area contributed by atoms with Gasteiger partial charge < -0.3 is 26.4 Å². The van der Waals surface area contributed by atoms with Crippen molar-refractivity contribution in [1.82, 2.24) is 0 Å². The lowest BCUT2D eigenvalue weighted by Crippen LogP contribution is -2.36.